The number of alkyl halides is 6. The number of sulfonamides is 2. The molecule has 0 amide bonds. The minimum atomic E-state index is -4.80. The average molecular weight is 1220 g/mol. The molecule has 0 saturated heterocycles. The van der Waals surface area contributed by atoms with Crippen LogP contribution in [0.15, 0.2) is 118 Å². The average Bonchev–Trinajstić information content (AvgIpc) is 4.36. The zero-order chi connectivity index (χ0) is 59.8. The SMILES string of the molecule is COc1ccc(CN(c2nncs2)S(=O)(=O)c2cc(F)c(F)cc2F)c(OC)c1.COc1ccc(CN(c2nncs2)S(=O)(=O)c2cc(F)c(Oc3cc(C)cc(C(F)(F)F)c3)cc2F)c(OC)c1.Cc1cc(O)cc(C(F)(F)F)c1. The van der Waals surface area contributed by atoms with Crippen LogP contribution in [0.3, 0.4) is 0 Å². The lowest BCUT2D eigenvalue weighted by Gasteiger charge is -2.23. The molecule has 0 spiro atoms. The Morgan fingerprint density at radius 2 is 0.926 bits per heavy atom. The van der Waals surface area contributed by atoms with Crippen LogP contribution in [0.5, 0.6) is 40.2 Å². The Morgan fingerprint density at radius 1 is 0.494 bits per heavy atom. The van der Waals surface area contributed by atoms with E-state index in [9.17, 15) is 56.3 Å². The molecular weight excluding hydrogens is 1180 g/mol. The van der Waals surface area contributed by atoms with Crippen LogP contribution in [0.2, 0.25) is 0 Å². The number of phenolic OH excluding ortho intramolecular Hbond substituents is 1. The van der Waals surface area contributed by atoms with Gasteiger partial charge in [0.1, 0.15) is 66.9 Å². The molecular formula is C50H41F11N6O10S4. The zero-order valence-corrected chi connectivity index (χ0v) is 45.7. The van der Waals surface area contributed by atoms with Gasteiger partial charge in [0.2, 0.25) is 10.3 Å². The van der Waals surface area contributed by atoms with Crippen molar-refractivity contribution < 1.29 is 93.9 Å². The molecule has 0 aliphatic rings. The monoisotopic (exact) mass is 1220 g/mol. The van der Waals surface area contributed by atoms with Crippen molar-refractivity contribution in [1.82, 2.24) is 20.4 Å². The molecule has 81 heavy (non-hydrogen) atoms. The van der Waals surface area contributed by atoms with Crippen LogP contribution in [0.4, 0.5) is 58.6 Å². The van der Waals surface area contributed by atoms with Gasteiger partial charge in [-0.15, -0.1) is 20.4 Å². The highest BCUT2D eigenvalue weighted by molar-refractivity contribution is 7.93. The zero-order valence-electron chi connectivity index (χ0n) is 42.4. The van der Waals surface area contributed by atoms with Crippen molar-refractivity contribution in [3.8, 4) is 40.2 Å². The van der Waals surface area contributed by atoms with Crippen molar-refractivity contribution in [2.45, 2.75) is 49.1 Å². The summed E-state index contributed by atoms with van der Waals surface area (Å²) >= 11 is 1.71. The van der Waals surface area contributed by atoms with E-state index in [1.807, 2.05) is 0 Å². The van der Waals surface area contributed by atoms with Crippen LogP contribution in [0, 0.1) is 42.9 Å². The summed E-state index contributed by atoms with van der Waals surface area (Å²) in [5.41, 5.74) is 1.97. The lowest BCUT2D eigenvalue weighted by molar-refractivity contribution is -0.138. The molecule has 16 nitrogen and oxygen atoms in total. The molecule has 0 saturated carbocycles. The molecule has 8 rings (SSSR count). The van der Waals surface area contributed by atoms with Gasteiger partial charge in [0.25, 0.3) is 20.0 Å². The van der Waals surface area contributed by atoms with Gasteiger partial charge in [-0.2, -0.15) is 26.3 Å². The molecule has 0 atom stereocenters. The van der Waals surface area contributed by atoms with Crippen LogP contribution < -0.4 is 32.3 Å². The highest BCUT2D eigenvalue weighted by Gasteiger charge is 2.36. The summed E-state index contributed by atoms with van der Waals surface area (Å²) in [6.07, 6.45) is -9.09. The van der Waals surface area contributed by atoms with Crippen LogP contribution in [-0.4, -0.2) is 70.8 Å². The predicted molar refractivity (Wildman–Crippen MR) is 272 cm³/mol. The maximum Gasteiger partial charge on any atom is 0.416 e. The lowest BCUT2D eigenvalue weighted by Crippen LogP contribution is -2.31. The van der Waals surface area contributed by atoms with Gasteiger partial charge in [0.15, 0.2) is 23.2 Å². The Hall–Kier alpha value is -8.03. The van der Waals surface area contributed by atoms with E-state index in [2.05, 4.69) is 20.4 Å². The van der Waals surface area contributed by atoms with Gasteiger partial charge in [-0.05, 0) is 85.6 Å². The fourth-order valence-corrected chi connectivity index (χ4v) is 11.6. The highest BCUT2D eigenvalue weighted by Crippen LogP contribution is 2.39. The second-order valence-corrected chi connectivity index (χ2v) is 21.7. The van der Waals surface area contributed by atoms with Crippen LogP contribution in [0.1, 0.15) is 33.4 Å². The van der Waals surface area contributed by atoms with Gasteiger partial charge in [-0.1, -0.05) is 22.7 Å². The summed E-state index contributed by atoms with van der Waals surface area (Å²) in [5, 5.41) is 23.4. The quantitative estimate of drug-likeness (QED) is 0.0709. The van der Waals surface area contributed by atoms with Crippen molar-refractivity contribution in [2.75, 3.05) is 37.0 Å². The molecule has 6 aromatic carbocycles. The molecule has 0 aliphatic heterocycles. The minimum Gasteiger partial charge on any atom is -0.508 e. The largest absolute Gasteiger partial charge is 0.508 e. The lowest BCUT2D eigenvalue weighted by atomic mass is 10.1. The Balaban J connectivity index is 0.000000223. The summed E-state index contributed by atoms with van der Waals surface area (Å²) in [4.78, 5) is -2.08. The molecule has 31 heteroatoms. The molecule has 0 fully saturated rings. The van der Waals surface area contributed by atoms with Gasteiger partial charge >= 0.3 is 12.4 Å². The normalized spacial score (nSPS) is 11.6. The number of benzene rings is 6. The molecule has 1 N–H and O–H groups in total. The Labute approximate surface area is 462 Å². The number of halogens is 11. The molecule has 8 aromatic rings. The number of hydrogen-bond donors (Lipinski definition) is 1. The second kappa shape index (κ2) is 25.6. The van der Waals surface area contributed by atoms with Crippen LogP contribution in [-0.2, 0) is 45.5 Å². The Morgan fingerprint density at radius 3 is 1.35 bits per heavy atom. The molecule has 2 heterocycles. The molecule has 2 aromatic heterocycles. The summed E-state index contributed by atoms with van der Waals surface area (Å²) in [7, 11) is -3.82. The van der Waals surface area contributed by atoms with Gasteiger partial charge in [-0.3, -0.25) is 0 Å². The summed E-state index contributed by atoms with van der Waals surface area (Å²) in [5.74, 6) is -7.26. The first-order valence-electron chi connectivity index (χ1n) is 22.4. The number of aryl methyl sites for hydroxylation is 2. The number of ether oxygens (including phenoxy) is 5. The maximum absolute atomic E-state index is 15.3. The highest BCUT2D eigenvalue weighted by atomic mass is 32.2. The van der Waals surface area contributed by atoms with Crippen LogP contribution in [0.25, 0.3) is 0 Å². The molecule has 0 bridgehead atoms. The standard InChI is InChI=1S/C25H20F5N3O5S2.C17H14F3N3O4S2.C8H7F3O/c1-14-6-16(25(28,29)30)8-18(7-14)38-22-10-20(27)23(11-19(22)26)40(34,35)33(24-32-31-13-39-24)12-15-4-5-17(36-2)9-21(15)37-3;1-26-11-4-3-10(15(5-11)27-2)8-23(17-22-21-9-28-17)29(24,25)16-7-13(19)12(18)6-14(16)20;1-5-2-6(8(9,10)11)4-7(12)3-5/h4-11,13H,12H2,1-3H3;3-7,9H,8H2,1-2H3;2-4,12H,1H3. The number of phenols is 1. The first kappa shape index (κ1) is 62.2. The summed E-state index contributed by atoms with van der Waals surface area (Å²) in [6, 6.07) is 16.2. The number of hydrogen-bond acceptors (Lipinski definition) is 16. The third kappa shape index (κ3) is 15.3. The number of anilines is 2. The Kier molecular flexibility index (Phi) is 19.7. The van der Waals surface area contributed by atoms with Crippen molar-refractivity contribution in [3.63, 3.8) is 0 Å². The summed E-state index contributed by atoms with van der Waals surface area (Å²) < 4.78 is 228. The molecule has 0 radical (unpaired) electrons. The number of methoxy groups -OCH3 is 4. The minimum absolute atomic E-state index is 0.0907. The van der Waals surface area contributed by atoms with E-state index in [1.165, 1.54) is 77.6 Å². The van der Waals surface area contributed by atoms with E-state index < -0.39 is 100 Å². The second-order valence-electron chi connectivity index (χ2n) is 16.4. The van der Waals surface area contributed by atoms with Gasteiger partial charge in [0.05, 0.1) is 52.7 Å². The van der Waals surface area contributed by atoms with E-state index in [4.69, 9.17) is 28.8 Å². The van der Waals surface area contributed by atoms with E-state index in [1.54, 1.807) is 24.3 Å². The third-order valence-corrected chi connectivity index (χ3v) is 16.0. The maximum atomic E-state index is 15.3. The molecule has 0 aliphatic carbocycles. The van der Waals surface area contributed by atoms with E-state index in [-0.39, 0.29) is 39.9 Å². The smallest absolute Gasteiger partial charge is 0.416 e. The summed E-state index contributed by atoms with van der Waals surface area (Å²) in [6.45, 7) is 2.14. The van der Waals surface area contributed by atoms with E-state index in [0.717, 1.165) is 43.4 Å². The number of rotatable bonds is 16. The predicted octanol–water partition coefficient (Wildman–Crippen LogP) is 12.4. The van der Waals surface area contributed by atoms with Gasteiger partial charge in [0, 0.05) is 47.5 Å². The topological polar surface area (TPSA) is 193 Å². The van der Waals surface area contributed by atoms with Crippen molar-refractivity contribution in [3.05, 3.63) is 171 Å². The van der Waals surface area contributed by atoms with Crippen molar-refractivity contribution in [2.24, 2.45) is 0 Å². The molecule has 432 valence electrons. The van der Waals surface area contributed by atoms with Crippen molar-refractivity contribution in [1.29, 1.82) is 0 Å². The van der Waals surface area contributed by atoms with Crippen LogP contribution >= 0.6 is 22.7 Å². The Bertz CT molecular complexity index is 3710. The number of aromatic nitrogens is 4. The fourth-order valence-electron chi connectivity index (χ4n) is 7.09. The third-order valence-electron chi connectivity index (χ3n) is 10.8. The number of aromatic hydroxyl groups is 1. The van der Waals surface area contributed by atoms with Gasteiger partial charge < -0.3 is 28.8 Å². The van der Waals surface area contributed by atoms with Gasteiger partial charge in [-0.25, -0.2) is 47.4 Å². The number of nitrogens with zero attached hydrogens (tertiary/aromatic N) is 6. The first-order chi connectivity index (χ1) is 38.0. The first-order valence-corrected chi connectivity index (χ1v) is 27.0. The van der Waals surface area contributed by atoms with Crippen molar-refractivity contribution >= 4 is 53.0 Å². The van der Waals surface area contributed by atoms with E-state index >= 15 is 8.78 Å². The fraction of sp³-hybridized carbons (Fsp3) is 0.200. The molecule has 0 unspecified atom stereocenters. The van der Waals surface area contributed by atoms with E-state index in [0.29, 0.717) is 64.3 Å².